The van der Waals surface area contributed by atoms with Gasteiger partial charge in [0.15, 0.2) is 11.6 Å². The van der Waals surface area contributed by atoms with Crippen molar-refractivity contribution in [3.8, 4) is 17.2 Å². The van der Waals surface area contributed by atoms with E-state index in [4.69, 9.17) is 23.7 Å². The van der Waals surface area contributed by atoms with Gasteiger partial charge >= 0.3 is 0 Å². The van der Waals surface area contributed by atoms with Crippen LogP contribution < -0.4 is 24.4 Å². The van der Waals surface area contributed by atoms with Crippen LogP contribution in [0.25, 0.3) is 0 Å². The van der Waals surface area contributed by atoms with Crippen LogP contribution in [0.4, 0.5) is 14.5 Å². The Hall–Kier alpha value is -3.40. The molecule has 0 aliphatic carbocycles. The number of anilines is 1. The minimum atomic E-state index is -0.917. The molecule has 3 aromatic carbocycles. The first-order valence-corrected chi connectivity index (χ1v) is 14.7. The summed E-state index contributed by atoms with van der Waals surface area (Å²) in [4.78, 5) is 2.37. The van der Waals surface area contributed by atoms with Crippen molar-refractivity contribution in [2.45, 2.75) is 37.9 Å². The van der Waals surface area contributed by atoms with Crippen molar-refractivity contribution >= 4 is 5.69 Å². The number of ether oxygens (including phenoxy) is 5. The number of halogens is 2. The Morgan fingerprint density at radius 1 is 0.905 bits per heavy atom. The molecule has 0 saturated carbocycles. The van der Waals surface area contributed by atoms with E-state index in [-0.39, 0.29) is 12.0 Å². The number of methoxy groups -OCH3 is 1. The Kier molecular flexibility index (Phi) is 10.9. The molecule has 0 amide bonds. The van der Waals surface area contributed by atoms with Crippen molar-refractivity contribution in [3.05, 3.63) is 83.4 Å². The lowest BCUT2D eigenvalue weighted by atomic mass is 9.87. The molecular weight excluding hydrogens is 542 g/mol. The van der Waals surface area contributed by atoms with Crippen LogP contribution in [0.1, 0.15) is 36.3 Å². The maximum Gasteiger partial charge on any atom is 0.162 e. The highest BCUT2D eigenvalue weighted by Gasteiger charge is 2.27. The molecule has 42 heavy (non-hydrogen) atoms. The van der Waals surface area contributed by atoms with E-state index >= 15 is 0 Å². The predicted octanol–water partition coefficient (Wildman–Crippen LogP) is 5.71. The number of nitrogens with one attached hydrogen (secondary N) is 1. The molecule has 226 valence electrons. The topological polar surface area (TPSA) is 61.4 Å². The monoisotopic (exact) mass is 582 g/mol. The van der Waals surface area contributed by atoms with Gasteiger partial charge < -0.3 is 33.9 Å². The van der Waals surface area contributed by atoms with Crippen LogP contribution in [-0.4, -0.2) is 65.8 Å². The average molecular weight is 583 g/mol. The fraction of sp³-hybridized carbons (Fsp3) is 0.455. The van der Waals surface area contributed by atoms with Crippen LogP contribution >= 0.6 is 0 Å². The number of rotatable bonds is 14. The molecule has 9 heteroatoms. The van der Waals surface area contributed by atoms with E-state index in [9.17, 15) is 8.78 Å². The summed E-state index contributed by atoms with van der Waals surface area (Å²) in [6.07, 6.45) is 2.65. The minimum Gasteiger partial charge on any atom is -0.493 e. The van der Waals surface area contributed by atoms with E-state index in [1.54, 1.807) is 7.11 Å². The molecule has 0 aromatic heterocycles. The minimum absolute atomic E-state index is 0.0593. The maximum absolute atomic E-state index is 13.3. The number of fused-ring (bicyclic) bond motifs is 1. The van der Waals surface area contributed by atoms with Gasteiger partial charge in [0.2, 0.25) is 0 Å². The van der Waals surface area contributed by atoms with Crippen molar-refractivity contribution < 1.29 is 32.5 Å². The fourth-order valence-electron chi connectivity index (χ4n) is 5.45. The molecular formula is C33H40F2N2O5. The Bertz CT molecular complexity index is 1280. The molecule has 2 heterocycles. The molecule has 1 fully saturated rings. The van der Waals surface area contributed by atoms with Crippen molar-refractivity contribution in [1.82, 2.24) is 5.32 Å². The number of hydrogen-bond acceptors (Lipinski definition) is 7. The zero-order valence-corrected chi connectivity index (χ0v) is 24.2. The second-order valence-electron chi connectivity index (χ2n) is 10.6. The van der Waals surface area contributed by atoms with Gasteiger partial charge in [-0.1, -0.05) is 18.2 Å². The summed E-state index contributed by atoms with van der Waals surface area (Å²) in [5.41, 5.74) is 3.50. The van der Waals surface area contributed by atoms with Crippen molar-refractivity contribution in [2.75, 3.05) is 64.6 Å². The van der Waals surface area contributed by atoms with E-state index in [2.05, 4.69) is 40.5 Å². The lowest BCUT2D eigenvalue weighted by molar-refractivity contribution is 0.0106. The third-order valence-corrected chi connectivity index (χ3v) is 7.68. The molecule has 0 spiro atoms. The Balaban J connectivity index is 1.10. The number of piperidine rings is 1. The van der Waals surface area contributed by atoms with Crippen LogP contribution in [0.3, 0.4) is 0 Å². The summed E-state index contributed by atoms with van der Waals surface area (Å²) < 4.78 is 55.3. The third kappa shape index (κ3) is 8.12. The van der Waals surface area contributed by atoms with Crippen molar-refractivity contribution in [1.29, 1.82) is 0 Å². The van der Waals surface area contributed by atoms with E-state index in [0.717, 1.165) is 80.5 Å². The van der Waals surface area contributed by atoms with Gasteiger partial charge in [-0.05, 0) is 66.9 Å². The number of nitrogens with zero attached hydrogens (tertiary/aromatic N) is 1. The largest absolute Gasteiger partial charge is 0.493 e. The van der Waals surface area contributed by atoms with E-state index < -0.39 is 11.6 Å². The molecule has 0 radical (unpaired) electrons. The molecule has 2 atom stereocenters. The Morgan fingerprint density at radius 3 is 2.52 bits per heavy atom. The van der Waals surface area contributed by atoms with Gasteiger partial charge in [-0.3, -0.25) is 0 Å². The normalized spacial score (nSPS) is 18.3. The van der Waals surface area contributed by atoms with Crippen LogP contribution in [-0.2, 0) is 16.1 Å². The highest BCUT2D eigenvalue weighted by atomic mass is 19.2. The number of hydrogen-bond donors (Lipinski definition) is 1. The first kappa shape index (κ1) is 30.1. The molecule has 2 aliphatic heterocycles. The van der Waals surface area contributed by atoms with Crippen molar-refractivity contribution in [3.63, 3.8) is 0 Å². The van der Waals surface area contributed by atoms with Crippen LogP contribution in [0.5, 0.6) is 17.2 Å². The molecule has 1 saturated heterocycles. The molecule has 0 unspecified atom stereocenters. The molecule has 5 rings (SSSR count). The lowest BCUT2D eigenvalue weighted by Gasteiger charge is -2.33. The van der Waals surface area contributed by atoms with E-state index in [1.807, 2.05) is 12.1 Å². The van der Waals surface area contributed by atoms with Gasteiger partial charge in [0.05, 0.1) is 38.2 Å². The summed E-state index contributed by atoms with van der Waals surface area (Å²) in [7, 11) is 1.74. The molecule has 2 aliphatic rings. The molecule has 3 aromatic rings. The molecule has 0 bridgehead atoms. The SMILES string of the molecule is COCCCN1CCOc2ccc(CO[C@H]3CNCC[C@@H]3c3ccc(OCCCOc4ccc(F)c(F)c4)cc3)cc21. The summed E-state index contributed by atoms with van der Waals surface area (Å²) in [5.74, 6) is 0.498. The lowest BCUT2D eigenvalue weighted by Crippen LogP contribution is -2.41. The summed E-state index contributed by atoms with van der Waals surface area (Å²) in [6, 6.07) is 18.1. The van der Waals surface area contributed by atoms with Gasteiger partial charge in [-0.2, -0.15) is 0 Å². The molecule has 1 N–H and O–H groups in total. The van der Waals surface area contributed by atoms with Gasteiger partial charge in [-0.25, -0.2) is 8.78 Å². The standard InChI is InChI=1S/C33H40F2N2O5/c1-38-16-2-14-37-15-19-41-32-11-4-24(20-31(32)37)23-42-33-22-36-13-12-28(33)25-5-7-26(8-6-25)39-17-3-18-40-27-9-10-29(34)30(35)21-27/h4-11,20-21,28,33,36H,2-3,12-19,22-23H2,1H3/t28-,33+/m1/s1. The number of benzene rings is 3. The van der Waals surface area contributed by atoms with Gasteiger partial charge in [0.25, 0.3) is 0 Å². The molecule has 7 nitrogen and oxygen atoms in total. The van der Waals surface area contributed by atoms with Crippen LogP contribution in [0, 0.1) is 11.6 Å². The van der Waals surface area contributed by atoms with Crippen LogP contribution in [0.2, 0.25) is 0 Å². The Labute approximate surface area is 246 Å². The first-order chi connectivity index (χ1) is 20.6. The second kappa shape index (κ2) is 15.2. The van der Waals surface area contributed by atoms with E-state index in [1.165, 1.54) is 11.6 Å². The highest BCUT2D eigenvalue weighted by molar-refractivity contribution is 5.61. The Morgan fingerprint density at radius 2 is 1.71 bits per heavy atom. The van der Waals surface area contributed by atoms with Gasteiger partial charge in [0, 0.05) is 45.2 Å². The summed E-state index contributed by atoms with van der Waals surface area (Å²) in [6.45, 7) is 6.35. The third-order valence-electron chi connectivity index (χ3n) is 7.68. The quantitative estimate of drug-likeness (QED) is 0.244. The van der Waals surface area contributed by atoms with Gasteiger partial charge in [-0.15, -0.1) is 0 Å². The predicted molar refractivity (Wildman–Crippen MR) is 158 cm³/mol. The zero-order valence-electron chi connectivity index (χ0n) is 24.2. The average Bonchev–Trinajstić information content (AvgIpc) is 3.02. The maximum atomic E-state index is 13.3. The summed E-state index contributed by atoms with van der Waals surface area (Å²) in [5, 5.41) is 3.48. The van der Waals surface area contributed by atoms with Crippen molar-refractivity contribution in [2.24, 2.45) is 0 Å². The van der Waals surface area contributed by atoms with Gasteiger partial charge in [0.1, 0.15) is 23.9 Å². The highest BCUT2D eigenvalue weighted by Crippen LogP contribution is 2.34. The smallest absolute Gasteiger partial charge is 0.162 e. The van der Waals surface area contributed by atoms with E-state index in [0.29, 0.717) is 38.6 Å². The zero-order chi connectivity index (χ0) is 29.1. The van der Waals surface area contributed by atoms with Crippen LogP contribution in [0.15, 0.2) is 60.7 Å². The first-order valence-electron chi connectivity index (χ1n) is 14.7. The fourth-order valence-corrected chi connectivity index (χ4v) is 5.45. The second-order valence-corrected chi connectivity index (χ2v) is 10.6. The summed E-state index contributed by atoms with van der Waals surface area (Å²) >= 11 is 0.